The molecule has 4 heterocycles. The highest BCUT2D eigenvalue weighted by Gasteiger charge is 2.47. The molecule has 0 bridgehead atoms. The van der Waals surface area contributed by atoms with Crippen LogP contribution in [0.4, 0.5) is 17.1 Å². The first-order chi connectivity index (χ1) is 44.1. The van der Waals surface area contributed by atoms with Gasteiger partial charge in [-0.15, -0.1) is 22.7 Å². The molecule has 0 fully saturated rings. The maximum absolute atomic E-state index is 2.65. The van der Waals surface area contributed by atoms with Gasteiger partial charge in [-0.1, -0.05) is 218 Å². The lowest BCUT2D eigenvalue weighted by Crippen LogP contribution is -2.29. The Morgan fingerprint density at radius 3 is 1.55 bits per heavy atom. The summed E-state index contributed by atoms with van der Waals surface area (Å²) < 4.78 is 10.3. The zero-order chi connectivity index (χ0) is 58.9. The maximum Gasteiger partial charge on any atom is 0.0714 e. The molecule has 1 aliphatic rings. The highest BCUT2D eigenvalue weighted by atomic mass is 32.1. The van der Waals surface area contributed by atoms with Gasteiger partial charge in [-0.2, -0.15) is 0 Å². The fourth-order valence-corrected chi connectivity index (χ4v) is 18.6. The molecule has 424 valence electrons. The van der Waals surface area contributed by atoms with E-state index in [-0.39, 0.29) is 5.92 Å². The van der Waals surface area contributed by atoms with Gasteiger partial charge in [0.1, 0.15) is 0 Å². The molecular formula is C84H61N3S2. The van der Waals surface area contributed by atoms with Gasteiger partial charge in [-0.05, 0) is 148 Å². The number of nitrogens with zero attached hydrogens (tertiary/aromatic N) is 3. The summed E-state index contributed by atoms with van der Waals surface area (Å²) in [7, 11) is 0. The number of para-hydroxylation sites is 2. The number of benzene rings is 13. The van der Waals surface area contributed by atoms with Crippen molar-refractivity contribution >= 4 is 134 Å². The molecule has 0 amide bonds. The molecule has 0 N–H and O–H groups in total. The normalized spacial score (nSPS) is 13.3. The van der Waals surface area contributed by atoms with Crippen LogP contribution in [0.25, 0.3) is 106 Å². The van der Waals surface area contributed by atoms with E-state index in [9.17, 15) is 0 Å². The Labute approximate surface area is 525 Å². The van der Waals surface area contributed by atoms with E-state index in [1.54, 1.807) is 0 Å². The van der Waals surface area contributed by atoms with Crippen molar-refractivity contribution < 1.29 is 0 Å². The molecule has 4 aromatic heterocycles. The second-order valence-electron chi connectivity index (χ2n) is 24.2. The highest BCUT2D eigenvalue weighted by molar-refractivity contribution is 7.26. The quantitative estimate of drug-likeness (QED) is 0.119. The van der Waals surface area contributed by atoms with Crippen LogP contribution in [0.2, 0.25) is 0 Å². The van der Waals surface area contributed by atoms with Crippen molar-refractivity contribution in [3.05, 3.63) is 318 Å². The Morgan fingerprint density at radius 2 is 0.888 bits per heavy atom. The Kier molecular flexibility index (Phi) is 12.0. The summed E-state index contributed by atoms with van der Waals surface area (Å²) in [6.07, 6.45) is 1.80. The van der Waals surface area contributed by atoms with E-state index >= 15 is 0 Å². The Bertz CT molecular complexity index is 5640. The number of aromatic nitrogens is 2. The molecule has 17 aromatic rings. The Hall–Kier alpha value is -10.0. The third kappa shape index (κ3) is 7.75. The number of rotatable bonds is 12. The lowest BCUT2D eigenvalue weighted by molar-refractivity contribution is 0.719. The molecule has 0 saturated carbocycles. The lowest BCUT2D eigenvalue weighted by atomic mass is 9.67. The van der Waals surface area contributed by atoms with Crippen molar-refractivity contribution in [2.24, 2.45) is 0 Å². The molecule has 18 rings (SSSR count). The minimum Gasteiger partial charge on any atom is -0.341 e. The highest BCUT2D eigenvalue weighted by Crippen LogP contribution is 2.60. The van der Waals surface area contributed by atoms with Crippen LogP contribution >= 0.6 is 22.7 Å². The number of aryl methyl sites for hydroxylation is 3. The number of hydrogen-bond acceptors (Lipinski definition) is 3. The fourth-order valence-electron chi connectivity index (χ4n) is 16.1. The number of hydrogen-bond donors (Lipinski definition) is 0. The van der Waals surface area contributed by atoms with E-state index in [0.717, 1.165) is 37.3 Å². The van der Waals surface area contributed by atoms with Crippen molar-refractivity contribution in [1.82, 2.24) is 9.13 Å². The van der Waals surface area contributed by atoms with E-state index in [0.29, 0.717) is 0 Å². The first kappa shape index (κ1) is 52.1. The van der Waals surface area contributed by atoms with Crippen molar-refractivity contribution in [3.63, 3.8) is 0 Å². The maximum atomic E-state index is 2.65. The average Bonchev–Trinajstić information content (AvgIpc) is 1.55. The first-order valence-electron chi connectivity index (χ1n) is 31.5. The van der Waals surface area contributed by atoms with Crippen LogP contribution in [0.3, 0.4) is 0 Å². The second kappa shape index (κ2) is 20.5. The van der Waals surface area contributed by atoms with Gasteiger partial charge in [0.05, 0.1) is 21.3 Å². The molecule has 1 aliphatic carbocycles. The summed E-state index contributed by atoms with van der Waals surface area (Å²) in [5.74, 6) is 0.119. The van der Waals surface area contributed by atoms with Gasteiger partial charge in [0.2, 0.25) is 0 Å². The predicted molar refractivity (Wildman–Crippen MR) is 382 cm³/mol. The zero-order valence-electron chi connectivity index (χ0n) is 49.6. The van der Waals surface area contributed by atoms with Crippen LogP contribution in [-0.2, 0) is 24.9 Å². The van der Waals surface area contributed by atoms with Crippen molar-refractivity contribution in [2.45, 2.75) is 51.1 Å². The van der Waals surface area contributed by atoms with Crippen molar-refractivity contribution in [3.8, 4) is 11.1 Å². The van der Waals surface area contributed by atoms with Crippen LogP contribution in [0.1, 0.15) is 65.1 Å². The minimum atomic E-state index is -0.684. The van der Waals surface area contributed by atoms with E-state index in [4.69, 9.17) is 0 Å². The molecule has 3 nitrogen and oxygen atoms in total. The van der Waals surface area contributed by atoms with Gasteiger partial charge in [-0.3, -0.25) is 0 Å². The number of fused-ring (bicyclic) bond motifs is 17. The molecule has 89 heavy (non-hydrogen) atoms. The van der Waals surface area contributed by atoms with E-state index < -0.39 is 5.41 Å². The van der Waals surface area contributed by atoms with Crippen LogP contribution in [0, 0.1) is 0 Å². The van der Waals surface area contributed by atoms with Gasteiger partial charge in [0.15, 0.2) is 0 Å². The Balaban J connectivity index is 0.862. The van der Waals surface area contributed by atoms with Gasteiger partial charge in [0.25, 0.3) is 0 Å². The molecule has 5 heteroatoms. The number of anilines is 3. The Morgan fingerprint density at radius 1 is 0.382 bits per heavy atom. The van der Waals surface area contributed by atoms with Crippen molar-refractivity contribution in [1.29, 1.82) is 0 Å². The van der Waals surface area contributed by atoms with Gasteiger partial charge in [0, 0.05) is 104 Å². The minimum absolute atomic E-state index is 0.119. The summed E-state index contributed by atoms with van der Waals surface area (Å²) in [6, 6.07) is 107. The molecule has 1 atom stereocenters. The second-order valence-corrected chi connectivity index (χ2v) is 26.3. The molecule has 0 radical (unpaired) electrons. The summed E-state index contributed by atoms with van der Waals surface area (Å²) in [5.41, 5.74) is 19.7. The largest absolute Gasteiger partial charge is 0.341 e. The van der Waals surface area contributed by atoms with E-state index in [1.807, 2.05) is 22.7 Å². The lowest BCUT2D eigenvalue weighted by Gasteiger charge is -2.35. The smallest absolute Gasteiger partial charge is 0.0714 e. The molecule has 0 spiro atoms. The van der Waals surface area contributed by atoms with Gasteiger partial charge in [-0.25, -0.2) is 0 Å². The third-order valence-corrected chi connectivity index (χ3v) is 22.3. The molecule has 0 saturated heterocycles. The van der Waals surface area contributed by atoms with Crippen LogP contribution in [-0.4, -0.2) is 9.13 Å². The van der Waals surface area contributed by atoms with E-state index in [1.165, 1.54) is 150 Å². The standard InChI is InChI=1S/C84H61N3S2/c1-3-85-74-36-17-13-28-61(74)63-46-42-54(50-77(63)85)60(68-33-21-34-69-65-30-15-19-39-79(65)88-82(68)69)45-41-53-49-73-81(67-32-12-11-27-59(53)67)71-48-44-57(51-72(71)84(73,55-23-7-5-8-24-55)56-25-9-6-10-26-56)87(76-38-22-35-70-66-31-16-20-40-80(66)89-83(70)76)58-43-47-64-62-29-14-18-37-75(62)86(4-2)78(64)52-58/h5-40,42-44,46-52,60H,3-4,41,45H2,1-2H3. The molecule has 13 aromatic carbocycles. The zero-order valence-corrected chi connectivity index (χ0v) is 51.3. The topological polar surface area (TPSA) is 13.1 Å². The summed E-state index contributed by atoms with van der Waals surface area (Å²) >= 11 is 3.84. The van der Waals surface area contributed by atoms with Crippen LogP contribution in [0.5, 0.6) is 0 Å². The summed E-state index contributed by atoms with van der Waals surface area (Å²) in [4.78, 5) is 2.57. The average molecular weight is 1180 g/mol. The van der Waals surface area contributed by atoms with Crippen molar-refractivity contribution in [2.75, 3.05) is 4.90 Å². The molecular weight excluding hydrogens is 1120 g/mol. The fraction of sp³-hybridized carbons (Fsp3) is 0.0952. The SMILES string of the molecule is CCn1c2ccccc2c2ccc(C(CCc3cc4c(c5ccccc35)-c3ccc(N(c5ccc6c7ccccc7n(CC)c6c5)c5cccc6c5sc5ccccc56)cc3C4(c3ccccc3)c3ccccc3)c3cccc4c3sc3ccccc34)cc21. The predicted octanol–water partition coefficient (Wildman–Crippen LogP) is 23.4. The monoisotopic (exact) mass is 1180 g/mol. The van der Waals surface area contributed by atoms with E-state index in [2.05, 4.69) is 307 Å². The third-order valence-electron chi connectivity index (χ3n) is 19.9. The summed E-state index contributed by atoms with van der Waals surface area (Å²) in [6.45, 7) is 6.33. The number of thiophene rings is 2. The van der Waals surface area contributed by atoms with Crippen LogP contribution in [0.15, 0.2) is 279 Å². The van der Waals surface area contributed by atoms with Gasteiger partial charge < -0.3 is 14.0 Å². The van der Waals surface area contributed by atoms with Crippen LogP contribution < -0.4 is 4.90 Å². The summed E-state index contributed by atoms with van der Waals surface area (Å²) in [5, 5.41) is 13.1. The van der Waals surface area contributed by atoms with Gasteiger partial charge >= 0.3 is 0 Å². The molecule has 0 aliphatic heterocycles. The first-order valence-corrected chi connectivity index (χ1v) is 33.1. The molecule has 1 unspecified atom stereocenters.